The fourth-order valence-electron chi connectivity index (χ4n) is 2.27. The first kappa shape index (κ1) is 11.4. The minimum atomic E-state index is 0.344. The Hall–Kier alpha value is -1.06. The first-order chi connectivity index (χ1) is 7.65. The van der Waals surface area contributed by atoms with Gasteiger partial charge in [-0.15, -0.1) is 0 Å². The van der Waals surface area contributed by atoms with Crippen LogP contribution < -0.4 is 5.32 Å². The molecule has 16 heavy (non-hydrogen) atoms. The summed E-state index contributed by atoms with van der Waals surface area (Å²) in [6, 6.07) is 8.68. The minimum Gasteiger partial charge on any atom is -0.508 e. The zero-order valence-corrected chi connectivity index (χ0v) is 9.98. The summed E-state index contributed by atoms with van der Waals surface area (Å²) in [5.41, 5.74) is 1.14. The Kier molecular flexibility index (Phi) is 3.46. The van der Waals surface area contributed by atoms with Crippen LogP contribution in [0, 0.1) is 0 Å². The van der Waals surface area contributed by atoms with Gasteiger partial charge in [0.1, 0.15) is 5.75 Å². The molecule has 1 heterocycles. The molecule has 1 aliphatic heterocycles. The molecule has 2 N–H and O–H groups in total. The molecule has 1 aliphatic rings. The van der Waals surface area contributed by atoms with Gasteiger partial charge in [0.05, 0.1) is 0 Å². The van der Waals surface area contributed by atoms with Crippen LogP contribution in [0.25, 0.3) is 0 Å². The van der Waals surface area contributed by atoms with Crippen LogP contribution in [0.15, 0.2) is 24.3 Å². The summed E-state index contributed by atoms with van der Waals surface area (Å²) in [6.07, 6.45) is 1.20. The van der Waals surface area contributed by atoms with Gasteiger partial charge in [0.15, 0.2) is 0 Å². The van der Waals surface area contributed by atoms with E-state index in [4.69, 9.17) is 0 Å². The summed E-state index contributed by atoms with van der Waals surface area (Å²) in [5.74, 6) is 0.344. The molecule has 3 nitrogen and oxygen atoms in total. The van der Waals surface area contributed by atoms with Gasteiger partial charge < -0.3 is 15.3 Å². The molecular formula is C13H20N2O. The fourth-order valence-corrected chi connectivity index (χ4v) is 2.27. The molecule has 0 amide bonds. The second-order valence-corrected chi connectivity index (χ2v) is 4.77. The van der Waals surface area contributed by atoms with Crippen molar-refractivity contribution in [1.82, 2.24) is 10.2 Å². The Balaban J connectivity index is 1.84. The van der Waals surface area contributed by atoms with E-state index in [1.54, 1.807) is 6.07 Å². The van der Waals surface area contributed by atoms with E-state index in [0.717, 1.165) is 18.7 Å². The number of hydrogen-bond donors (Lipinski definition) is 2. The molecule has 88 valence electrons. The van der Waals surface area contributed by atoms with Crippen LogP contribution >= 0.6 is 0 Å². The van der Waals surface area contributed by atoms with Crippen molar-refractivity contribution in [2.45, 2.75) is 32.0 Å². The van der Waals surface area contributed by atoms with Crippen molar-refractivity contribution in [2.75, 3.05) is 13.6 Å². The largest absolute Gasteiger partial charge is 0.508 e. The van der Waals surface area contributed by atoms with Crippen LogP contribution in [0.3, 0.4) is 0 Å². The Morgan fingerprint density at radius 1 is 1.50 bits per heavy atom. The lowest BCUT2D eigenvalue weighted by Crippen LogP contribution is -2.31. The van der Waals surface area contributed by atoms with E-state index in [1.807, 2.05) is 18.2 Å². The molecule has 2 rings (SSSR count). The molecule has 1 aromatic carbocycles. The fraction of sp³-hybridized carbons (Fsp3) is 0.538. The van der Waals surface area contributed by atoms with E-state index in [1.165, 1.54) is 6.42 Å². The van der Waals surface area contributed by atoms with Crippen molar-refractivity contribution in [3.63, 3.8) is 0 Å². The number of benzene rings is 1. The highest BCUT2D eigenvalue weighted by Gasteiger charge is 2.25. The Morgan fingerprint density at radius 3 is 2.94 bits per heavy atom. The Morgan fingerprint density at radius 2 is 2.31 bits per heavy atom. The van der Waals surface area contributed by atoms with Gasteiger partial charge in [0.2, 0.25) is 0 Å². The summed E-state index contributed by atoms with van der Waals surface area (Å²) in [5, 5.41) is 12.9. The second-order valence-electron chi connectivity index (χ2n) is 4.77. The maximum atomic E-state index is 9.35. The van der Waals surface area contributed by atoms with Crippen molar-refractivity contribution in [1.29, 1.82) is 0 Å². The number of hydrogen-bond acceptors (Lipinski definition) is 3. The number of likely N-dealkylation sites (tertiary alicyclic amines) is 1. The molecule has 1 saturated heterocycles. The average molecular weight is 220 g/mol. The highest BCUT2D eigenvalue weighted by atomic mass is 16.3. The topological polar surface area (TPSA) is 35.5 Å². The van der Waals surface area contributed by atoms with E-state index >= 15 is 0 Å². The van der Waals surface area contributed by atoms with Crippen LogP contribution in [-0.2, 0) is 6.54 Å². The molecule has 1 fully saturated rings. The van der Waals surface area contributed by atoms with Gasteiger partial charge in [0.25, 0.3) is 0 Å². The van der Waals surface area contributed by atoms with Crippen molar-refractivity contribution in [2.24, 2.45) is 0 Å². The Labute approximate surface area is 97.1 Å². The number of nitrogens with one attached hydrogen (secondary N) is 1. The first-order valence-corrected chi connectivity index (χ1v) is 5.86. The normalized spacial score (nSPS) is 26.1. The second kappa shape index (κ2) is 4.85. The van der Waals surface area contributed by atoms with Crippen molar-refractivity contribution in [3.8, 4) is 5.75 Å². The smallest absolute Gasteiger partial charge is 0.115 e. The molecule has 0 aromatic heterocycles. The van der Waals surface area contributed by atoms with Crippen molar-refractivity contribution < 1.29 is 5.11 Å². The third kappa shape index (κ3) is 2.74. The van der Waals surface area contributed by atoms with Crippen LogP contribution in [0.2, 0.25) is 0 Å². The summed E-state index contributed by atoms with van der Waals surface area (Å²) in [4.78, 5) is 2.38. The highest BCUT2D eigenvalue weighted by Crippen LogP contribution is 2.16. The molecule has 2 atom stereocenters. The molecule has 3 heteroatoms. The maximum absolute atomic E-state index is 9.35. The van der Waals surface area contributed by atoms with Crippen molar-refractivity contribution >= 4 is 0 Å². The van der Waals surface area contributed by atoms with E-state index < -0.39 is 0 Å². The summed E-state index contributed by atoms with van der Waals surface area (Å²) >= 11 is 0. The lowest BCUT2D eigenvalue weighted by Gasteiger charge is -2.13. The highest BCUT2D eigenvalue weighted by molar-refractivity contribution is 5.26. The number of phenolic OH excluding ortho intramolecular Hbond substituents is 1. The zero-order chi connectivity index (χ0) is 11.5. The number of likely N-dealkylation sites (N-methyl/N-ethyl adjacent to an activating group) is 1. The quantitative estimate of drug-likeness (QED) is 0.811. The summed E-state index contributed by atoms with van der Waals surface area (Å²) < 4.78 is 0. The summed E-state index contributed by atoms with van der Waals surface area (Å²) in [6.45, 7) is 4.20. The first-order valence-electron chi connectivity index (χ1n) is 5.86. The van der Waals surface area contributed by atoms with E-state index in [2.05, 4.69) is 24.2 Å². The number of aromatic hydroxyl groups is 1. The maximum Gasteiger partial charge on any atom is 0.115 e. The number of nitrogens with zero attached hydrogens (tertiary/aromatic N) is 1. The Bertz CT molecular complexity index is 344. The van der Waals surface area contributed by atoms with Gasteiger partial charge in [-0.3, -0.25) is 0 Å². The molecular weight excluding hydrogens is 200 g/mol. The monoisotopic (exact) mass is 220 g/mol. The molecule has 0 spiro atoms. The van der Waals surface area contributed by atoms with Crippen LogP contribution in [-0.4, -0.2) is 35.7 Å². The molecule has 1 aromatic rings. The van der Waals surface area contributed by atoms with Gasteiger partial charge in [-0.05, 0) is 38.1 Å². The minimum absolute atomic E-state index is 0.344. The van der Waals surface area contributed by atoms with Crippen LogP contribution in [0.1, 0.15) is 18.9 Å². The molecule has 0 bridgehead atoms. The van der Waals surface area contributed by atoms with Gasteiger partial charge in [-0.2, -0.15) is 0 Å². The average Bonchev–Trinajstić information content (AvgIpc) is 2.56. The standard InChI is InChI=1S/C13H20N2O/c1-10-6-12(9-15(10)2)14-8-11-4-3-5-13(16)7-11/h3-5,7,10,12,14,16H,6,8-9H2,1-2H3. The molecule has 0 radical (unpaired) electrons. The predicted octanol–water partition coefficient (Wildman–Crippen LogP) is 1.57. The molecule has 2 unspecified atom stereocenters. The van der Waals surface area contributed by atoms with Crippen molar-refractivity contribution in [3.05, 3.63) is 29.8 Å². The van der Waals surface area contributed by atoms with Gasteiger partial charge in [0, 0.05) is 25.2 Å². The predicted molar refractivity (Wildman–Crippen MR) is 65.4 cm³/mol. The summed E-state index contributed by atoms with van der Waals surface area (Å²) in [7, 11) is 2.17. The van der Waals surface area contributed by atoms with E-state index in [0.29, 0.717) is 17.8 Å². The van der Waals surface area contributed by atoms with Crippen LogP contribution in [0.4, 0.5) is 0 Å². The van der Waals surface area contributed by atoms with Gasteiger partial charge in [-0.1, -0.05) is 12.1 Å². The van der Waals surface area contributed by atoms with E-state index in [9.17, 15) is 5.11 Å². The van der Waals surface area contributed by atoms with E-state index in [-0.39, 0.29) is 0 Å². The van der Waals surface area contributed by atoms with Gasteiger partial charge in [-0.25, -0.2) is 0 Å². The number of rotatable bonds is 3. The van der Waals surface area contributed by atoms with Gasteiger partial charge >= 0.3 is 0 Å². The number of phenols is 1. The molecule has 0 aliphatic carbocycles. The van der Waals surface area contributed by atoms with Crippen LogP contribution in [0.5, 0.6) is 5.75 Å². The third-order valence-electron chi connectivity index (χ3n) is 3.39. The zero-order valence-electron chi connectivity index (χ0n) is 9.98. The lowest BCUT2D eigenvalue weighted by atomic mass is 10.1. The SMILES string of the molecule is CC1CC(NCc2cccc(O)c2)CN1C. The lowest BCUT2D eigenvalue weighted by molar-refractivity contribution is 0.326. The molecule has 0 saturated carbocycles. The third-order valence-corrected chi connectivity index (χ3v) is 3.39.